The molecule has 1 aliphatic rings. The number of anilines is 3. The third-order valence-corrected chi connectivity index (χ3v) is 9.55. The van der Waals surface area contributed by atoms with Gasteiger partial charge in [-0.25, -0.2) is 15.0 Å². The van der Waals surface area contributed by atoms with Crippen LogP contribution in [0.1, 0.15) is 36.1 Å². The van der Waals surface area contributed by atoms with Crippen LogP contribution >= 0.6 is 0 Å². The monoisotopic (exact) mass is 620 g/mol. The molecule has 1 aliphatic carbocycles. The topological polar surface area (TPSA) is 41.9 Å². The molecule has 0 unspecified atom stereocenters. The van der Waals surface area contributed by atoms with Crippen LogP contribution in [0.3, 0.4) is 0 Å². The molecular formula is C44H36N4. The average molecular weight is 621 g/mol. The van der Waals surface area contributed by atoms with E-state index in [1.54, 1.807) is 0 Å². The smallest absolute Gasteiger partial charge is 0.164 e. The molecule has 6 aromatic carbocycles. The summed E-state index contributed by atoms with van der Waals surface area (Å²) in [5.41, 5.74) is 13.7. The normalized spacial score (nSPS) is 12.8. The summed E-state index contributed by atoms with van der Waals surface area (Å²) < 4.78 is 0. The summed E-state index contributed by atoms with van der Waals surface area (Å²) in [4.78, 5) is 17.4. The Morgan fingerprint density at radius 2 is 0.854 bits per heavy atom. The zero-order chi connectivity index (χ0) is 32.8. The van der Waals surface area contributed by atoms with Gasteiger partial charge in [0.05, 0.1) is 0 Å². The second kappa shape index (κ2) is 11.7. The Morgan fingerprint density at radius 1 is 0.438 bits per heavy atom. The van der Waals surface area contributed by atoms with Crippen LogP contribution in [0.5, 0.6) is 0 Å². The lowest BCUT2D eigenvalue weighted by molar-refractivity contribution is 0.660. The molecule has 0 saturated heterocycles. The first-order chi connectivity index (χ1) is 23.4. The third kappa shape index (κ3) is 5.07. The van der Waals surface area contributed by atoms with Gasteiger partial charge in [-0.2, -0.15) is 0 Å². The summed E-state index contributed by atoms with van der Waals surface area (Å²) in [5.74, 6) is 2.03. The Hall–Kier alpha value is -5.87. The Bertz CT molecular complexity index is 2160. The summed E-state index contributed by atoms with van der Waals surface area (Å²) in [7, 11) is 0. The zero-order valence-corrected chi connectivity index (χ0v) is 27.6. The van der Waals surface area contributed by atoms with Gasteiger partial charge >= 0.3 is 0 Å². The van der Waals surface area contributed by atoms with Crippen LogP contribution in [0, 0.1) is 13.8 Å². The van der Waals surface area contributed by atoms with Crippen molar-refractivity contribution in [3.8, 4) is 45.3 Å². The van der Waals surface area contributed by atoms with Crippen molar-refractivity contribution in [1.29, 1.82) is 0 Å². The van der Waals surface area contributed by atoms with Gasteiger partial charge in [0.25, 0.3) is 0 Å². The van der Waals surface area contributed by atoms with Crippen molar-refractivity contribution >= 4 is 17.1 Å². The van der Waals surface area contributed by atoms with Crippen molar-refractivity contribution in [1.82, 2.24) is 15.0 Å². The van der Waals surface area contributed by atoms with Gasteiger partial charge in [-0.05, 0) is 89.7 Å². The number of hydrogen-bond donors (Lipinski definition) is 0. The van der Waals surface area contributed by atoms with Gasteiger partial charge in [0.1, 0.15) is 0 Å². The molecule has 0 amide bonds. The lowest BCUT2D eigenvalue weighted by Crippen LogP contribution is -2.17. The number of rotatable bonds is 6. The first-order valence-electron chi connectivity index (χ1n) is 16.5. The molecule has 0 atom stereocenters. The molecule has 1 heterocycles. The van der Waals surface area contributed by atoms with Crippen LogP contribution in [0.25, 0.3) is 45.3 Å². The summed E-state index contributed by atoms with van der Waals surface area (Å²) in [6.07, 6.45) is 0. The van der Waals surface area contributed by atoms with Crippen LogP contribution in [0.2, 0.25) is 0 Å². The van der Waals surface area contributed by atoms with Crippen molar-refractivity contribution in [2.75, 3.05) is 4.90 Å². The fraction of sp³-hybridized carbons (Fsp3) is 0.114. The van der Waals surface area contributed by atoms with E-state index in [-0.39, 0.29) is 5.41 Å². The van der Waals surface area contributed by atoms with Crippen molar-refractivity contribution in [2.45, 2.75) is 33.1 Å². The number of aromatic nitrogens is 3. The van der Waals surface area contributed by atoms with Gasteiger partial charge in [0.15, 0.2) is 17.5 Å². The van der Waals surface area contributed by atoms with Crippen LogP contribution in [0.15, 0.2) is 146 Å². The lowest BCUT2D eigenvalue weighted by Gasteiger charge is -2.29. The van der Waals surface area contributed by atoms with Crippen molar-refractivity contribution in [2.24, 2.45) is 0 Å². The van der Waals surface area contributed by atoms with Gasteiger partial charge in [-0.3, -0.25) is 0 Å². The van der Waals surface area contributed by atoms with E-state index in [9.17, 15) is 0 Å². The second-order valence-corrected chi connectivity index (χ2v) is 13.1. The highest BCUT2D eigenvalue weighted by atomic mass is 15.1. The molecule has 0 spiro atoms. The molecule has 7 aromatic rings. The molecule has 0 aliphatic heterocycles. The quantitative estimate of drug-likeness (QED) is 0.185. The van der Waals surface area contributed by atoms with Gasteiger partial charge in [0, 0.05) is 39.2 Å². The molecule has 0 fully saturated rings. The van der Waals surface area contributed by atoms with E-state index >= 15 is 0 Å². The molecule has 8 rings (SSSR count). The number of fused-ring (bicyclic) bond motifs is 3. The number of hydrogen-bond acceptors (Lipinski definition) is 4. The van der Waals surface area contributed by atoms with Gasteiger partial charge in [0.2, 0.25) is 0 Å². The van der Waals surface area contributed by atoms with E-state index in [0.717, 1.165) is 33.6 Å². The first-order valence-corrected chi connectivity index (χ1v) is 16.5. The number of para-hydroxylation sites is 2. The number of nitrogens with zero attached hydrogens (tertiary/aromatic N) is 4. The van der Waals surface area contributed by atoms with E-state index in [2.05, 4.69) is 142 Å². The SMILES string of the molecule is Cc1cc2c(cc1-c1nc(-c3ccccc3)nc(-c3ccccc3)n1)C(C)(C)c1cc(N(c3ccccc3)c3ccccc3)c(C)cc1-2. The van der Waals surface area contributed by atoms with E-state index in [1.165, 1.54) is 33.5 Å². The maximum absolute atomic E-state index is 5.07. The van der Waals surface area contributed by atoms with E-state index in [0.29, 0.717) is 17.5 Å². The minimum Gasteiger partial charge on any atom is -0.310 e. The van der Waals surface area contributed by atoms with Gasteiger partial charge in [-0.15, -0.1) is 0 Å². The Labute approximate surface area is 282 Å². The molecule has 48 heavy (non-hydrogen) atoms. The van der Waals surface area contributed by atoms with Crippen LogP contribution in [-0.2, 0) is 5.41 Å². The first kappa shape index (κ1) is 29.5. The van der Waals surface area contributed by atoms with Crippen LogP contribution in [0.4, 0.5) is 17.1 Å². The summed E-state index contributed by atoms with van der Waals surface area (Å²) in [5, 5.41) is 0. The summed E-state index contributed by atoms with van der Waals surface area (Å²) in [6, 6.07) is 51.0. The molecule has 1 aromatic heterocycles. The van der Waals surface area contributed by atoms with E-state index < -0.39 is 0 Å². The minimum absolute atomic E-state index is 0.244. The van der Waals surface area contributed by atoms with E-state index in [4.69, 9.17) is 15.0 Å². The second-order valence-electron chi connectivity index (χ2n) is 13.1. The highest BCUT2D eigenvalue weighted by Crippen LogP contribution is 2.53. The number of aryl methyl sites for hydroxylation is 2. The predicted molar refractivity (Wildman–Crippen MR) is 198 cm³/mol. The van der Waals surface area contributed by atoms with Crippen LogP contribution in [-0.4, -0.2) is 15.0 Å². The summed E-state index contributed by atoms with van der Waals surface area (Å²) >= 11 is 0. The van der Waals surface area contributed by atoms with Crippen molar-refractivity contribution < 1.29 is 0 Å². The fourth-order valence-electron chi connectivity index (χ4n) is 7.02. The van der Waals surface area contributed by atoms with Crippen molar-refractivity contribution in [3.63, 3.8) is 0 Å². The predicted octanol–water partition coefficient (Wildman–Crippen LogP) is 11.3. The zero-order valence-electron chi connectivity index (χ0n) is 27.6. The standard InChI is InChI=1S/C44H36N4/c1-29-25-36-37-26-30(2)40(48(33-21-13-7-14-22-33)34-23-15-8-16-24-34)28-39(37)44(3,4)38(36)27-35(29)43-46-41(31-17-9-5-10-18-31)45-42(47-43)32-19-11-6-12-20-32/h5-28H,1-4H3. The Balaban J connectivity index is 1.28. The molecule has 0 N–H and O–H groups in total. The third-order valence-electron chi connectivity index (χ3n) is 9.55. The lowest BCUT2D eigenvalue weighted by atomic mass is 9.81. The minimum atomic E-state index is -0.244. The van der Waals surface area contributed by atoms with Crippen LogP contribution < -0.4 is 4.90 Å². The van der Waals surface area contributed by atoms with Gasteiger partial charge < -0.3 is 4.90 Å². The van der Waals surface area contributed by atoms with Gasteiger partial charge in [-0.1, -0.05) is 117 Å². The molecule has 4 heteroatoms. The fourth-order valence-corrected chi connectivity index (χ4v) is 7.02. The Kier molecular flexibility index (Phi) is 7.22. The molecule has 232 valence electrons. The molecular weight excluding hydrogens is 585 g/mol. The molecule has 0 saturated carbocycles. The van der Waals surface area contributed by atoms with Crippen molar-refractivity contribution in [3.05, 3.63) is 168 Å². The highest BCUT2D eigenvalue weighted by Gasteiger charge is 2.37. The molecule has 0 bridgehead atoms. The average Bonchev–Trinajstić information content (AvgIpc) is 3.33. The maximum atomic E-state index is 5.07. The molecule has 0 radical (unpaired) electrons. The maximum Gasteiger partial charge on any atom is 0.164 e. The Morgan fingerprint density at radius 3 is 1.35 bits per heavy atom. The molecule has 4 nitrogen and oxygen atoms in total. The summed E-state index contributed by atoms with van der Waals surface area (Å²) in [6.45, 7) is 9.07. The largest absolute Gasteiger partial charge is 0.310 e. The number of benzene rings is 6. The highest BCUT2D eigenvalue weighted by molar-refractivity contribution is 5.89. The van der Waals surface area contributed by atoms with E-state index in [1.807, 2.05) is 36.4 Å².